The van der Waals surface area contributed by atoms with Gasteiger partial charge in [0.1, 0.15) is 0 Å². The van der Waals surface area contributed by atoms with Crippen LogP contribution in [0.25, 0.3) is 22.0 Å². The maximum absolute atomic E-state index is 12.8. The number of pyridine rings is 1. The Hall–Kier alpha value is -2.22. The Bertz CT molecular complexity index is 1070. The van der Waals surface area contributed by atoms with Gasteiger partial charge in [0, 0.05) is 0 Å². The third-order valence-corrected chi connectivity index (χ3v) is 7.25. The van der Waals surface area contributed by atoms with Crippen LogP contribution >= 0.6 is 0 Å². The number of hydrogen-bond acceptors (Lipinski definition) is 5. The molecule has 0 bridgehead atoms. The van der Waals surface area contributed by atoms with Crippen molar-refractivity contribution in [3.05, 3.63) is 52.7 Å². The van der Waals surface area contributed by atoms with Crippen molar-refractivity contribution in [1.82, 2.24) is 14.5 Å². The molecule has 1 aromatic carbocycles. The number of aryl methyl sites for hydroxylation is 1. The van der Waals surface area contributed by atoms with Crippen LogP contribution in [0.5, 0.6) is 0 Å². The fourth-order valence-electron chi connectivity index (χ4n) is 2.86. The summed E-state index contributed by atoms with van der Waals surface area (Å²) in [6.45, 7) is 0.196. The van der Waals surface area contributed by atoms with Gasteiger partial charge in [-0.3, -0.25) is 0 Å². The molecule has 154 valence electrons. The molecule has 3 aromatic rings. The molecule has 2 unspecified atom stereocenters. The fraction of sp³-hybridized carbons (Fsp3) is 0.316. The molecule has 0 aliphatic rings. The van der Waals surface area contributed by atoms with Gasteiger partial charge in [-0.05, 0) is 0 Å². The van der Waals surface area contributed by atoms with Crippen LogP contribution in [-0.2, 0) is 18.0 Å². The fourth-order valence-corrected chi connectivity index (χ4v) is 5.18. The summed E-state index contributed by atoms with van der Waals surface area (Å²) in [4.78, 5) is 21.5. The van der Waals surface area contributed by atoms with Crippen molar-refractivity contribution < 1.29 is 23.0 Å². The van der Waals surface area contributed by atoms with Gasteiger partial charge in [-0.25, -0.2) is 0 Å². The summed E-state index contributed by atoms with van der Waals surface area (Å²) in [6.07, 6.45) is -2.17. The van der Waals surface area contributed by atoms with Crippen molar-refractivity contribution in [2.75, 3.05) is 13.7 Å². The van der Waals surface area contributed by atoms with Gasteiger partial charge in [0.05, 0.1) is 0 Å². The number of rotatable bonds is 6. The molecule has 2 heterocycles. The van der Waals surface area contributed by atoms with E-state index in [9.17, 15) is 23.1 Å². The Balaban J connectivity index is 2.08. The molecule has 0 amide bonds. The van der Waals surface area contributed by atoms with E-state index in [1.54, 1.807) is 7.05 Å². The zero-order chi connectivity index (χ0) is 21.2. The quantitative estimate of drug-likeness (QED) is 0.554. The number of aliphatic hydroxyl groups excluding tert-OH is 1. The SMILES string of the molecule is COCC(O)C[AsH]c1ncc(-c2ccc(C(F)(F)F)cc2)c2ncn(C)c(=O)c12. The first-order valence-corrected chi connectivity index (χ1v) is 11.2. The predicted molar refractivity (Wildman–Crippen MR) is 105 cm³/mol. The molecule has 3 rings (SSSR count). The number of methoxy groups -OCH3 is 1. The van der Waals surface area contributed by atoms with Crippen LogP contribution in [-0.4, -0.2) is 55.2 Å². The van der Waals surface area contributed by atoms with Crippen LogP contribution in [0, 0.1) is 0 Å². The Morgan fingerprint density at radius 2 is 1.93 bits per heavy atom. The second kappa shape index (κ2) is 8.65. The summed E-state index contributed by atoms with van der Waals surface area (Å²) in [5.74, 6) is 0. The van der Waals surface area contributed by atoms with Crippen molar-refractivity contribution in [1.29, 1.82) is 0 Å². The number of alkyl halides is 3. The van der Waals surface area contributed by atoms with Crippen LogP contribution in [0.3, 0.4) is 0 Å². The first-order valence-electron chi connectivity index (χ1n) is 8.65. The number of halogens is 3. The van der Waals surface area contributed by atoms with E-state index >= 15 is 0 Å². The molecule has 0 aliphatic carbocycles. The Kier molecular flexibility index (Phi) is 6.41. The van der Waals surface area contributed by atoms with E-state index in [0.717, 1.165) is 12.1 Å². The normalized spacial score (nSPS) is 13.4. The van der Waals surface area contributed by atoms with E-state index in [2.05, 4.69) is 9.97 Å². The van der Waals surface area contributed by atoms with E-state index in [0.29, 0.717) is 31.7 Å². The van der Waals surface area contributed by atoms with Crippen molar-refractivity contribution in [3.63, 3.8) is 0 Å². The molecule has 0 aliphatic heterocycles. The summed E-state index contributed by atoms with van der Waals surface area (Å²) in [6, 6.07) is 4.67. The number of fused-ring (bicyclic) bond motifs is 1. The van der Waals surface area contributed by atoms with Crippen LogP contribution in [0.15, 0.2) is 41.6 Å². The van der Waals surface area contributed by atoms with E-state index in [1.165, 1.54) is 36.3 Å². The molecule has 0 spiro atoms. The van der Waals surface area contributed by atoms with Gasteiger partial charge in [-0.1, -0.05) is 0 Å². The number of ether oxygens (including phenoxy) is 1. The summed E-state index contributed by atoms with van der Waals surface area (Å²) < 4.78 is 45.4. The molecular formula is C19H19AsF3N3O3. The zero-order valence-corrected chi connectivity index (χ0v) is 17.8. The molecule has 0 saturated carbocycles. The molecule has 29 heavy (non-hydrogen) atoms. The van der Waals surface area contributed by atoms with Gasteiger partial charge in [0.2, 0.25) is 0 Å². The minimum atomic E-state index is -4.43. The van der Waals surface area contributed by atoms with Crippen LogP contribution in [0.4, 0.5) is 13.2 Å². The third kappa shape index (κ3) is 4.68. The summed E-state index contributed by atoms with van der Waals surface area (Å²) in [5.41, 5.74) is 0.332. The summed E-state index contributed by atoms with van der Waals surface area (Å²) in [5, 5.41) is 10.7. The monoisotopic (exact) mass is 469 g/mol. The average Bonchev–Trinajstić information content (AvgIpc) is 2.68. The van der Waals surface area contributed by atoms with Crippen molar-refractivity contribution in [2.45, 2.75) is 17.5 Å². The van der Waals surface area contributed by atoms with Crippen LogP contribution < -0.4 is 10.0 Å². The van der Waals surface area contributed by atoms with Gasteiger partial charge < -0.3 is 0 Å². The van der Waals surface area contributed by atoms with E-state index in [-0.39, 0.29) is 12.2 Å². The van der Waals surface area contributed by atoms with Gasteiger partial charge in [0.15, 0.2) is 0 Å². The number of aromatic nitrogens is 3. The Morgan fingerprint density at radius 1 is 1.24 bits per heavy atom. The average molecular weight is 469 g/mol. The van der Waals surface area contributed by atoms with E-state index in [4.69, 9.17) is 4.74 Å². The second-order valence-corrected chi connectivity index (χ2v) is 9.06. The van der Waals surface area contributed by atoms with E-state index in [1.807, 2.05) is 0 Å². The Labute approximate surface area is 171 Å². The van der Waals surface area contributed by atoms with Crippen LogP contribution in [0.2, 0.25) is 5.21 Å². The van der Waals surface area contributed by atoms with Crippen molar-refractivity contribution >= 4 is 31.1 Å². The second-order valence-electron chi connectivity index (χ2n) is 6.47. The molecular weight excluding hydrogens is 450 g/mol. The third-order valence-electron chi connectivity index (χ3n) is 4.33. The number of benzene rings is 1. The number of nitrogens with zero attached hydrogens (tertiary/aromatic N) is 3. The first-order chi connectivity index (χ1) is 13.7. The molecule has 6 nitrogen and oxygen atoms in total. The Morgan fingerprint density at radius 3 is 2.55 bits per heavy atom. The number of aliphatic hydroxyl groups is 1. The van der Waals surface area contributed by atoms with Crippen molar-refractivity contribution in [2.24, 2.45) is 7.05 Å². The maximum atomic E-state index is 12.8. The van der Waals surface area contributed by atoms with Gasteiger partial charge in [-0.15, -0.1) is 0 Å². The molecule has 0 fully saturated rings. The standard InChI is InChI=1S/C19H19AsF3N3O3/c1-26-10-25-16-14(11-3-5-12(6-4-11)19(21,22)23)8-24-17(15(16)18(26)28)20-7-13(27)9-29-2/h3-6,8,10,13,20,27H,7,9H2,1-2H3. The molecule has 2 atom stereocenters. The summed E-state index contributed by atoms with van der Waals surface area (Å²) >= 11 is -0.959. The van der Waals surface area contributed by atoms with E-state index < -0.39 is 33.6 Å². The number of hydrogen-bond donors (Lipinski definition) is 1. The van der Waals surface area contributed by atoms with Gasteiger partial charge in [0.25, 0.3) is 0 Å². The van der Waals surface area contributed by atoms with Gasteiger partial charge in [-0.2, -0.15) is 0 Å². The zero-order valence-electron chi connectivity index (χ0n) is 15.7. The summed E-state index contributed by atoms with van der Waals surface area (Å²) in [7, 11) is 3.07. The van der Waals surface area contributed by atoms with Gasteiger partial charge >= 0.3 is 171 Å². The molecule has 1 N–H and O–H groups in total. The predicted octanol–water partition coefficient (Wildman–Crippen LogP) is 1.50. The molecule has 0 saturated heterocycles. The first kappa shape index (κ1) is 21.5. The van der Waals surface area contributed by atoms with Crippen LogP contribution in [0.1, 0.15) is 5.56 Å². The molecule has 10 heteroatoms. The van der Waals surface area contributed by atoms with Crippen molar-refractivity contribution in [3.8, 4) is 11.1 Å². The molecule has 2 aromatic heterocycles. The topological polar surface area (TPSA) is 77.2 Å². The molecule has 0 radical (unpaired) electrons. The minimum absolute atomic E-state index is 0.196.